The van der Waals surface area contributed by atoms with Gasteiger partial charge in [0.15, 0.2) is 0 Å². The number of ether oxygens (including phenoxy) is 1. The molecule has 2 heterocycles. The molecule has 2 atom stereocenters. The standard InChI is InChI=1S/C23H29N3O3/c1-3-9-21-19(4-2)24-22(27)20(16-29-21)25-23(28)26-13-8-12-18(15-26)14-17-10-6-5-7-11-17/h3-7,9-11,18,20H,1,8,12-16H2,2H3,(H,24,27)(H,25,28)/b19-4+,21-9+/t18?,20-/m0/s1. The minimum atomic E-state index is -0.748. The van der Waals surface area contributed by atoms with Crippen molar-refractivity contribution in [1.82, 2.24) is 15.5 Å². The molecule has 0 spiro atoms. The van der Waals surface area contributed by atoms with Crippen LogP contribution in [0.25, 0.3) is 0 Å². The lowest BCUT2D eigenvalue weighted by Gasteiger charge is -2.33. The smallest absolute Gasteiger partial charge is 0.318 e. The van der Waals surface area contributed by atoms with Crippen LogP contribution in [0.15, 0.2) is 66.6 Å². The highest BCUT2D eigenvalue weighted by atomic mass is 16.5. The molecule has 0 bridgehead atoms. The molecule has 6 nitrogen and oxygen atoms in total. The number of benzene rings is 1. The molecule has 154 valence electrons. The maximum atomic E-state index is 12.8. The van der Waals surface area contributed by atoms with Gasteiger partial charge in [-0.2, -0.15) is 0 Å². The third-order valence-electron chi connectivity index (χ3n) is 5.27. The van der Waals surface area contributed by atoms with Gasteiger partial charge in [0.1, 0.15) is 18.4 Å². The van der Waals surface area contributed by atoms with E-state index in [0.717, 1.165) is 19.3 Å². The zero-order valence-corrected chi connectivity index (χ0v) is 16.9. The topological polar surface area (TPSA) is 70.7 Å². The monoisotopic (exact) mass is 395 g/mol. The normalized spacial score (nSPS) is 25.1. The van der Waals surface area contributed by atoms with Crippen molar-refractivity contribution in [2.45, 2.75) is 32.2 Å². The largest absolute Gasteiger partial charge is 0.489 e. The van der Waals surface area contributed by atoms with Crippen LogP contribution in [0.3, 0.4) is 0 Å². The highest BCUT2D eigenvalue weighted by molar-refractivity contribution is 5.89. The summed E-state index contributed by atoms with van der Waals surface area (Å²) in [5.74, 6) is 0.679. The molecule has 6 heteroatoms. The van der Waals surface area contributed by atoms with E-state index in [1.165, 1.54) is 5.56 Å². The zero-order chi connectivity index (χ0) is 20.6. The molecule has 1 unspecified atom stereocenters. The van der Waals surface area contributed by atoms with Crippen LogP contribution in [0.5, 0.6) is 0 Å². The van der Waals surface area contributed by atoms with Gasteiger partial charge >= 0.3 is 6.03 Å². The van der Waals surface area contributed by atoms with E-state index in [0.29, 0.717) is 30.5 Å². The SMILES string of the molecule is C=C/C=C1/OC[C@H](NC(=O)N2CCCC(Cc3ccccc3)C2)C(=O)N/C1=C/C. The fourth-order valence-corrected chi connectivity index (χ4v) is 3.78. The molecule has 1 aromatic rings. The van der Waals surface area contributed by atoms with Gasteiger partial charge in [0.05, 0.1) is 5.70 Å². The highest BCUT2D eigenvalue weighted by Gasteiger charge is 2.30. The molecular weight excluding hydrogens is 366 g/mol. The third kappa shape index (κ3) is 5.50. The van der Waals surface area contributed by atoms with E-state index in [-0.39, 0.29) is 18.5 Å². The lowest BCUT2D eigenvalue weighted by atomic mass is 9.91. The number of rotatable bonds is 4. The van der Waals surface area contributed by atoms with Crippen molar-refractivity contribution in [2.24, 2.45) is 5.92 Å². The molecule has 0 saturated carbocycles. The number of allylic oxidation sites excluding steroid dienone is 3. The molecule has 3 amide bonds. The zero-order valence-electron chi connectivity index (χ0n) is 16.9. The Morgan fingerprint density at radius 1 is 1.38 bits per heavy atom. The summed E-state index contributed by atoms with van der Waals surface area (Å²) >= 11 is 0. The first-order chi connectivity index (χ1) is 14.1. The van der Waals surface area contributed by atoms with Crippen LogP contribution in [-0.2, 0) is 16.0 Å². The van der Waals surface area contributed by atoms with Crippen LogP contribution < -0.4 is 10.6 Å². The molecule has 2 saturated heterocycles. The van der Waals surface area contributed by atoms with Crippen LogP contribution in [0.1, 0.15) is 25.3 Å². The summed E-state index contributed by atoms with van der Waals surface area (Å²) in [4.78, 5) is 27.2. The van der Waals surface area contributed by atoms with Crippen LogP contribution >= 0.6 is 0 Å². The minimum absolute atomic E-state index is 0.0792. The number of amides is 3. The van der Waals surface area contributed by atoms with Crippen molar-refractivity contribution in [3.63, 3.8) is 0 Å². The van der Waals surface area contributed by atoms with Crippen molar-refractivity contribution >= 4 is 11.9 Å². The molecule has 3 rings (SSSR count). The van der Waals surface area contributed by atoms with Gasteiger partial charge in [-0.15, -0.1) is 0 Å². The maximum absolute atomic E-state index is 12.8. The first-order valence-electron chi connectivity index (χ1n) is 10.1. The Morgan fingerprint density at radius 3 is 2.90 bits per heavy atom. The Kier molecular flexibility index (Phi) is 7.11. The van der Waals surface area contributed by atoms with Crippen molar-refractivity contribution < 1.29 is 14.3 Å². The predicted molar refractivity (Wildman–Crippen MR) is 113 cm³/mol. The van der Waals surface area contributed by atoms with Crippen LogP contribution in [0, 0.1) is 5.92 Å². The molecule has 0 radical (unpaired) electrons. The Morgan fingerprint density at radius 2 is 2.17 bits per heavy atom. The van der Waals surface area contributed by atoms with Gasteiger partial charge in [0, 0.05) is 13.1 Å². The average molecular weight is 396 g/mol. The first-order valence-corrected chi connectivity index (χ1v) is 10.1. The minimum Gasteiger partial charge on any atom is -0.489 e. The highest BCUT2D eigenvalue weighted by Crippen LogP contribution is 2.21. The van der Waals surface area contributed by atoms with E-state index in [2.05, 4.69) is 29.3 Å². The summed E-state index contributed by atoms with van der Waals surface area (Å²) in [6.45, 7) is 6.95. The fourth-order valence-electron chi connectivity index (χ4n) is 3.78. The number of nitrogens with zero attached hydrogens (tertiary/aromatic N) is 1. The molecule has 2 fully saturated rings. The van der Waals surface area contributed by atoms with Crippen molar-refractivity contribution in [2.75, 3.05) is 19.7 Å². The number of piperidine rings is 1. The van der Waals surface area contributed by atoms with Gasteiger partial charge in [0.2, 0.25) is 0 Å². The molecular formula is C23H29N3O3. The molecule has 29 heavy (non-hydrogen) atoms. The molecule has 1 aromatic carbocycles. The number of likely N-dealkylation sites (tertiary alicyclic amines) is 1. The summed E-state index contributed by atoms with van der Waals surface area (Å²) < 4.78 is 5.72. The summed E-state index contributed by atoms with van der Waals surface area (Å²) in [6, 6.07) is 9.38. The predicted octanol–water partition coefficient (Wildman–Crippen LogP) is 3.14. The summed E-state index contributed by atoms with van der Waals surface area (Å²) in [5.41, 5.74) is 1.87. The van der Waals surface area contributed by atoms with Gasteiger partial charge in [-0.05, 0) is 43.7 Å². The third-order valence-corrected chi connectivity index (χ3v) is 5.27. The molecule has 2 aliphatic rings. The number of hydrogen-bond acceptors (Lipinski definition) is 3. The molecule has 2 N–H and O–H groups in total. The number of urea groups is 1. The average Bonchev–Trinajstić information content (AvgIpc) is 2.88. The Labute approximate surface area is 172 Å². The van der Waals surface area contributed by atoms with E-state index in [1.54, 1.807) is 18.2 Å². The van der Waals surface area contributed by atoms with Crippen molar-refractivity contribution in [3.05, 3.63) is 72.2 Å². The summed E-state index contributed by atoms with van der Waals surface area (Å²) in [6.07, 6.45) is 8.08. The summed E-state index contributed by atoms with van der Waals surface area (Å²) in [5, 5.41) is 5.65. The molecule has 2 aliphatic heterocycles. The van der Waals surface area contributed by atoms with Crippen LogP contribution in [-0.4, -0.2) is 42.6 Å². The second kappa shape index (κ2) is 9.96. The number of nitrogens with one attached hydrogen (secondary N) is 2. The van der Waals surface area contributed by atoms with Crippen molar-refractivity contribution in [3.8, 4) is 0 Å². The lowest BCUT2D eigenvalue weighted by Crippen LogP contribution is -2.53. The van der Waals surface area contributed by atoms with E-state index in [9.17, 15) is 9.59 Å². The molecule has 0 aromatic heterocycles. The van der Waals surface area contributed by atoms with Gasteiger partial charge in [-0.1, -0.05) is 49.1 Å². The van der Waals surface area contributed by atoms with E-state index >= 15 is 0 Å². The number of carbonyl (C=O) groups excluding carboxylic acids is 2. The van der Waals surface area contributed by atoms with Gasteiger partial charge in [-0.25, -0.2) is 4.79 Å². The number of carbonyl (C=O) groups is 2. The van der Waals surface area contributed by atoms with Gasteiger partial charge < -0.3 is 20.3 Å². The second-order valence-corrected chi connectivity index (χ2v) is 7.42. The summed E-state index contributed by atoms with van der Waals surface area (Å²) in [7, 11) is 0. The quantitative estimate of drug-likeness (QED) is 0.823. The van der Waals surface area contributed by atoms with E-state index in [1.807, 2.05) is 30.0 Å². The second-order valence-electron chi connectivity index (χ2n) is 7.42. The first kappa shape index (κ1) is 20.7. The van der Waals surface area contributed by atoms with Gasteiger partial charge in [0.25, 0.3) is 5.91 Å². The number of hydrogen-bond donors (Lipinski definition) is 2. The van der Waals surface area contributed by atoms with Crippen LogP contribution in [0.4, 0.5) is 4.79 Å². The Hall–Kier alpha value is -3.02. The molecule has 0 aliphatic carbocycles. The van der Waals surface area contributed by atoms with E-state index in [4.69, 9.17) is 4.74 Å². The Balaban J connectivity index is 1.59. The maximum Gasteiger partial charge on any atom is 0.318 e. The van der Waals surface area contributed by atoms with Crippen molar-refractivity contribution in [1.29, 1.82) is 0 Å². The fraction of sp³-hybridized carbons (Fsp3) is 0.391. The lowest BCUT2D eigenvalue weighted by molar-refractivity contribution is -0.122. The Bertz CT molecular complexity index is 801. The van der Waals surface area contributed by atoms with Crippen LogP contribution in [0.2, 0.25) is 0 Å². The van der Waals surface area contributed by atoms with E-state index < -0.39 is 6.04 Å². The van der Waals surface area contributed by atoms with Gasteiger partial charge in [-0.3, -0.25) is 4.79 Å².